The van der Waals surface area contributed by atoms with Crippen molar-refractivity contribution < 1.29 is 0 Å². The molecule has 88 valence electrons. The second-order valence-electron chi connectivity index (χ2n) is 5.12. The standard InChI is InChI=1S/C13H26N2/c1-5-11(2)10-12(14)13(15(3)4)8-6-7-9-13/h12H,2,5-10,14H2,1,3-4H3. The molecule has 0 bridgehead atoms. The summed E-state index contributed by atoms with van der Waals surface area (Å²) in [5, 5.41) is 0. The molecule has 1 fully saturated rings. The molecule has 0 saturated heterocycles. The highest BCUT2D eigenvalue weighted by molar-refractivity contribution is 5.07. The Kier molecular flexibility index (Phi) is 4.35. The molecule has 2 N–H and O–H groups in total. The third kappa shape index (κ3) is 2.61. The molecule has 0 aromatic heterocycles. The fourth-order valence-corrected chi connectivity index (χ4v) is 2.78. The van der Waals surface area contributed by atoms with Crippen LogP contribution in [0.1, 0.15) is 45.4 Å². The van der Waals surface area contributed by atoms with Gasteiger partial charge in [0.05, 0.1) is 0 Å². The molecule has 1 saturated carbocycles. The number of hydrogen-bond acceptors (Lipinski definition) is 2. The molecule has 0 spiro atoms. The smallest absolute Gasteiger partial charge is 0.0357 e. The van der Waals surface area contributed by atoms with Crippen molar-refractivity contribution in [3.8, 4) is 0 Å². The lowest BCUT2D eigenvalue weighted by molar-refractivity contribution is 0.122. The fraction of sp³-hybridized carbons (Fsp3) is 0.846. The number of nitrogens with zero attached hydrogens (tertiary/aromatic N) is 1. The summed E-state index contributed by atoms with van der Waals surface area (Å²) in [5.74, 6) is 0. The molecule has 1 aliphatic carbocycles. The van der Waals surface area contributed by atoms with Crippen molar-refractivity contribution in [2.24, 2.45) is 5.73 Å². The molecule has 0 heterocycles. The van der Waals surface area contributed by atoms with E-state index in [9.17, 15) is 0 Å². The van der Waals surface area contributed by atoms with Crippen molar-refractivity contribution in [1.82, 2.24) is 4.90 Å². The second kappa shape index (κ2) is 5.13. The van der Waals surface area contributed by atoms with Crippen molar-refractivity contribution in [1.29, 1.82) is 0 Å². The maximum absolute atomic E-state index is 6.39. The topological polar surface area (TPSA) is 29.3 Å². The van der Waals surface area contributed by atoms with E-state index < -0.39 is 0 Å². The van der Waals surface area contributed by atoms with Gasteiger partial charge in [0, 0.05) is 11.6 Å². The largest absolute Gasteiger partial charge is 0.326 e. The summed E-state index contributed by atoms with van der Waals surface area (Å²) < 4.78 is 0. The summed E-state index contributed by atoms with van der Waals surface area (Å²) in [4.78, 5) is 2.34. The van der Waals surface area contributed by atoms with Gasteiger partial charge >= 0.3 is 0 Å². The van der Waals surface area contributed by atoms with Crippen LogP contribution in [0.25, 0.3) is 0 Å². The van der Waals surface area contributed by atoms with Crippen LogP contribution in [-0.2, 0) is 0 Å². The van der Waals surface area contributed by atoms with E-state index in [2.05, 4.69) is 32.5 Å². The summed E-state index contributed by atoms with van der Waals surface area (Å²) in [6.07, 6.45) is 7.18. The average molecular weight is 210 g/mol. The monoisotopic (exact) mass is 210 g/mol. The maximum Gasteiger partial charge on any atom is 0.0357 e. The van der Waals surface area contributed by atoms with Crippen molar-refractivity contribution >= 4 is 0 Å². The lowest BCUT2D eigenvalue weighted by Crippen LogP contribution is -2.55. The van der Waals surface area contributed by atoms with Crippen LogP contribution in [0.15, 0.2) is 12.2 Å². The summed E-state index contributed by atoms with van der Waals surface area (Å²) in [6, 6.07) is 0.252. The van der Waals surface area contributed by atoms with Gasteiger partial charge in [0.1, 0.15) is 0 Å². The Hall–Kier alpha value is -0.340. The first-order valence-electron chi connectivity index (χ1n) is 6.12. The van der Waals surface area contributed by atoms with Crippen molar-refractivity contribution in [2.75, 3.05) is 14.1 Å². The maximum atomic E-state index is 6.39. The molecule has 1 aliphatic rings. The third-order valence-electron chi connectivity index (χ3n) is 4.06. The molecule has 0 aromatic rings. The van der Waals surface area contributed by atoms with Gasteiger partial charge in [-0.25, -0.2) is 0 Å². The van der Waals surface area contributed by atoms with E-state index in [0.717, 1.165) is 12.8 Å². The van der Waals surface area contributed by atoms with Gasteiger partial charge in [0.15, 0.2) is 0 Å². The fourth-order valence-electron chi connectivity index (χ4n) is 2.78. The highest BCUT2D eigenvalue weighted by atomic mass is 15.2. The summed E-state index contributed by atoms with van der Waals surface area (Å²) >= 11 is 0. The van der Waals surface area contributed by atoms with Crippen LogP contribution in [-0.4, -0.2) is 30.6 Å². The molecular formula is C13H26N2. The first kappa shape index (κ1) is 12.7. The van der Waals surface area contributed by atoms with E-state index >= 15 is 0 Å². The third-order valence-corrected chi connectivity index (χ3v) is 4.06. The quantitative estimate of drug-likeness (QED) is 0.707. The van der Waals surface area contributed by atoms with Gasteiger partial charge in [-0.05, 0) is 39.8 Å². The SMILES string of the molecule is C=C(CC)CC(N)C1(N(C)C)CCCC1. The predicted octanol–water partition coefficient (Wildman–Crippen LogP) is 2.54. The van der Waals surface area contributed by atoms with Crippen molar-refractivity contribution in [3.05, 3.63) is 12.2 Å². The number of nitrogens with two attached hydrogens (primary N) is 1. The summed E-state index contributed by atoms with van der Waals surface area (Å²) in [5.41, 5.74) is 7.91. The van der Waals surface area contributed by atoms with Crippen LogP contribution < -0.4 is 5.73 Å². The highest BCUT2D eigenvalue weighted by Crippen LogP contribution is 2.37. The van der Waals surface area contributed by atoms with Gasteiger partial charge in [-0.2, -0.15) is 0 Å². The lowest BCUT2D eigenvalue weighted by atomic mass is 9.83. The highest BCUT2D eigenvalue weighted by Gasteiger charge is 2.41. The van der Waals surface area contributed by atoms with Gasteiger partial charge in [0.2, 0.25) is 0 Å². The van der Waals surface area contributed by atoms with E-state index in [4.69, 9.17) is 5.73 Å². The molecule has 2 nitrogen and oxygen atoms in total. The van der Waals surface area contributed by atoms with E-state index in [0.29, 0.717) is 0 Å². The van der Waals surface area contributed by atoms with Crippen molar-refractivity contribution in [2.45, 2.75) is 57.0 Å². The molecule has 0 aliphatic heterocycles. The molecule has 1 unspecified atom stereocenters. The Morgan fingerprint density at radius 1 is 1.40 bits per heavy atom. The first-order chi connectivity index (χ1) is 7.03. The summed E-state index contributed by atoms with van der Waals surface area (Å²) in [6.45, 7) is 6.24. The minimum Gasteiger partial charge on any atom is -0.326 e. The Morgan fingerprint density at radius 3 is 2.33 bits per heavy atom. The molecular weight excluding hydrogens is 184 g/mol. The minimum atomic E-state index is 0.234. The molecule has 2 heteroatoms. The van der Waals surface area contributed by atoms with Crippen LogP contribution >= 0.6 is 0 Å². The Labute approximate surface area is 94.5 Å². The average Bonchev–Trinajstić information content (AvgIpc) is 2.67. The number of rotatable bonds is 5. The van der Waals surface area contributed by atoms with Gasteiger partial charge in [0.25, 0.3) is 0 Å². The van der Waals surface area contributed by atoms with Crippen LogP contribution in [0.3, 0.4) is 0 Å². The Balaban J connectivity index is 2.68. The number of hydrogen-bond donors (Lipinski definition) is 1. The molecule has 1 rings (SSSR count). The molecule has 0 aromatic carbocycles. The lowest BCUT2D eigenvalue weighted by Gasteiger charge is -2.41. The van der Waals surface area contributed by atoms with Crippen LogP contribution in [0.4, 0.5) is 0 Å². The van der Waals surface area contributed by atoms with Crippen LogP contribution in [0.2, 0.25) is 0 Å². The van der Waals surface area contributed by atoms with E-state index in [-0.39, 0.29) is 11.6 Å². The normalized spacial score (nSPS) is 21.9. The van der Waals surface area contributed by atoms with Gasteiger partial charge in [-0.3, -0.25) is 0 Å². The Bertz CT molecular complexity index is 215. The molecule has 0 radical (unpaired) electrons. The Morgan fingerprint density at radius 2 is 1.93 bits per heavy atom. The minimum absolute atomic E-state index is 0.234. The number of likely N-dealkylation sites (N-methyl/N-ethyl adjacent to an activating group) is 1. The first-order valence-corrected chi connectivity index (χ1v) is 6.12. The van der Waals surface area contributed by atoms with E-state index in [1.165, 1.54) is 31.3 Å². The van der Waals surface area contributed by atoms with Gasteiger partial charge in [-0.15, -0.1) is 0 Å². The van der Waals surface area contributed by atoms with E-state index in [1.54, 1.807) is 0 Å². The molecule has 15 heavy (non-hydrogen) atoms. The zero-order valence-electron chi connectivity index (χ0n) is 10.6. The molecule has 1 atom stereocenters. The second-order valence-corrected chi connectivity index (χ2v) is 5.12. The van der Waals surface area contributed by atoms with Crippen molar-refractivity contribution in [3.63, 3.8) is 0 Å². The zero-order chi connectivity index (χ0) is 11.5. The van der Waals surface area contributed by atoms with Gasteiger partial charge < -0.3 is 10.6 Å². The molecule has 0 amide bonds. The van der Waals surface area contributed by atoms with Gasteiger partial charge in [-0.1, -0.05) is 31.9 Å². The van der Waals surface area contributed by atoms with Crippen LogP contribution in [0.5, 0.6) is 0 Å². The van der Waals surface area contributed by atoms with E-state index in [1.807, 2.05) is 0 Å². The summed E-state index contributed by atoms with van der Waals surface area (Å²) in [7, 11) is 4.33. The predicted molar refractivity (Wildman–Crippen MR) is 66.9 cm³/mol. The van der Waals surface area contributed by atoms with Crippen LogP contribution in [0, 0.1) is 0 Å². The zero-order valence-corrected chi connectivity index (χ0v) is 10.6.